The van der Waals surface area contributed by atoms with Crippen LogP contribution in [0.3, 0.4) is 0 Å². The van der Waals surface area contributed by atoms with Crippen LogP contribution in [0.2, 0.25) is 0 Å². The van der Waals surface area contributed by atoms with E-state index in [4.69, 9.17) is 0 Å². The summed E-state index contributed by atoms with van der Waals surface area (Å²) in [7, 11) is 0. The van der Waals surface area contributed by atoms with E-state index in [1.54, 1.807) is 0 Å². The second kappa shape index (κ2) is 12.4. The molecule has 2 saturated carbocycles. The Morgan fingerprint density at radius 2 is 1.24 bits per heavy atom. The molecule has 0 saturated heterocycles. The maximum atomic E-state index is 13.9. The SMILES string of the molecule is CCC=CCCCC1CCC(CCC2CCC(c3cc(F)c(C(F)(F)F)c(F)c3)CC2)CC1. The van der Waals surface area contributed by atoms with Crippen LogP contribution in [0.15, 0.2) is 24.3 Å². The van der Waals surface area contributed by atoms with Gasteiger partial charge in [0.05, 0.1) is 0 Å². The Hall–Kier alpha value is -1.39. The van der Waals surface area contributed by atoms with Crippen LogP contribution < -0.4 is 0 Å². The minimum Gasteiger partial charge on any atom is -0.206 e. The Kier molecular flexibility index (Phi) is 9.81. The summed E-state index contributed by atoms with van der Waals surface area (Å²) in [5, 5.41) is 0. The Morgan fingerprint density at radius 1 is 0.758 bits per heavy atom. The highest BCUT2D eigenvalue weighted by atomic mass is 19.4. The first-order valence-electron chi connectivity index (χ1n) is 13.0. The van der Waals surface area contributed by atoms with E-state index in [0.29, 0.717) is 11.5 Å². The fourth-order valence-corrected chi connectivity index (χ4v) is 5.97. The lowest BCUT2D eigenvalue weighted by atomic mass is 9.74. The van der Waals surface area contributed by atoms with Gasteiger partial charge in [-0.1, -0.05) is 64.0 Å². The standard InChI is InChI=1S/C28H39F5/c1-2-3-4-5-6-7-20-8-10-21(11-9-20)12-13-22-14-16-23(17-15-22)24-18-25(29)27(26(30)19-24)28(31,32)33/h3-4,18-23H,2,5-17H2,1H3. The third-order valence-corrected chi connectivity index (χ3v) is 8.00. The van der Waals surface area contributed by atoms with Crippen LogP contribution in [0.25, 0.3) is 0 Å². The molecule has 0 aromatic heterocycles. The lowest BCUT2D eigenvalue weighted by Crippen LogP contribution is -2.18. The third kappa shape index (κ3) is 7.82. The number of allylic oxidation sites excluding steroid dienone is 2. The summed E-state index contributed by atoms with van der Waals surface area (Å²) < 4.78 is 66.3. The second-order valence-electron chi connectivity index (χ2n) is 10.3. The van der Waals surface area contributed by atoms with Crippen LogP contribution in [0.1, 0.15) is 114 Å². The molecular weight excluding hydrogens is 431 g/mol. The van der Waals surface area contributed by atoms with E-state index in [1.165, 1.54) is 57.8 Å². The van der Waals surface area contributed by atoms with Gasteiger partial charge in [0.25, 0.3) is 0 Å². The lowest BCUT2D eigenvalue weighted by molar-refractivity contribution is -0.142. The normalized spacial score (nSPS) is 26.7. The number of alkyl halides is 3. The molecule has 3 rings (SSSR count). The zero-order chi connectivity index (χ0) is 23.8. The summed E-state index contributed by atoms with van der Waals surface area (Å²) in [5.74, 6) is -0.669. The van der Waals surface area contributed by atoms with Gasteiger partial charge in [0.15, 0.2) is 0 Å². The monoisotopic (exact) mass is 470 g/mol. The Labute approximate surface area is 196 Å². The number of rotatable bonds is 9. The van der Waals surface area contributed by atoms with E-state index in [1.807, 2.05) is 0 Å². The van der Waals surface area contributed by atoms with Crippen molar-refractivity contribution in [2.75, 3.05) is 0 Å². The molecule has 2 aliphatic carbocycles. The van der Waals surface area contributed by atoms with E-state index >= 15 is 0 Å². The van der Waals surface area contributed by atoms with Crippen LogP contribution in [0.4, 0.5) is 22.0 Å². The van der Waals surface area contributed by atoms with E-state index < -0.39 is 23.4 Å². The van der Waals surface area contributed by atoms with Gasteiger partial charge in [-0.05, 0) is 86.3 Å². The molecule has 2 fully saturated rings. The van der Waals surface area contributed by atoms with Crippen LogP contribution in [-0.2, 0) is 6.18 Å². The highest BCUT2D eigenvalue weighted by Gasteiger charge is 2.38. The van der Waals surface area contributed by atoms with Crippen LogP contribution in [0, 0.1) is 29.4 Å². The molecule has 5 heteroatoms. The third-order valence-electron chi connectivity index (χ3n) is 8.00. The van der Waals surface area contributed by atoms with Crippen molar-refractivity contribution in [2.24, 2.45) is 17.8 Å². The lowest BCUT2D eigenvalue weighted by Gasteiger charge is -2.32. The average molecular weight is 471 g/mol. The predicted molar refractivity (Wildman–Crippen MR) is 124 cm³/mol. The first-order chi connectivity index (χ1) is 15.8. The number of halogens is 5. The van der Waals surface area contributed by atoms with E-state index in [-0.39, 0.29) is 5.92 Å². The van der Waals surface area contributed by atoms with E-state index in [2.05, 4.69) is 19.1 Å². The van der Waals surface area contributed by atoms with Crippen molar-refractivity contribution in [3.8, 4) is 0 Å². The summed E-state index contributed by atoms with van der Waals surface area (Å²) >= 11 is 0. The quantitative estimate of drug-likeness (QED) is 0.191. The van der Waals surface area contributed by atoms with Gasteiger partial charge in [0.2, 0.25) is 0 Å². The first-order valence-corrected chi connectivity index (χ1v) is 13.0. The molecule has 0 aliphatic heterocycles. The van der Waals surface area contributed by atoms with Gasteiger partial charge < -0.3 is 0 Å². The van der Waals surface area contributed by atoms with Gasteiger partial charge >= 0.3 is 6.18 Å². The van der Waals surface area contributed by atoms with Crippen molar-refractivity contribution in [2.45, 2.75) is 109 Å². The topological polar surface area (TPSA) is 0 Å². The van der Waals surface area contributed by atoms with Crippen LogP contribution in [0.5, 0.6) is 0 Å². The van der Waals surface area contributed by atoms with Gasteiger partial charge in [0, 0.05) is 0 Å². The molecule has 0 heterocycles. The molecule has 0 bridgehead atoms. The van der Waals surface area contributed by atoms with Crippen LogP contribution >= 0.6 is 0 Å². The smallest absolute Gasteiger partial charge is 0.206 e. The maximum absolute atomic E-state index is 13.9. The Bertz CT molecular complexity index is 727. The number of unbranched alkanes of at least 4 members (excludes halogenated alkanes) is 1. The highest BCUT2D eigenvalue weighted by Crippen LogP contribution is 2.42. The minimum atomic E-state index is -5.00. The molecule has 1 aromatic carbocycles. The summed E-state index contributed by atoms with van der Waals surface area (Å²) in [5.41, 5.74) is -1.40. The first kappa shape index (κ1) is 26.2. The summed E-state index contributed by atoms with van der Waals surface area (Å²) in [6.45, 7) is 2.17. The van der Waals surface area contributed by atoms with Gasteiger partial charge in [0.1, 0.15) is 17.2 Å². The average Bonchev–Trinajstić information content (AvgIpc) is 2.77. The zero-order valence-corrected chi connectivity index (χ0v) is 19.9. The molecular formula is C28H39F5. The zero-order valence-electron chi connectivity index (χ0n) is 19.9. The fraction of sp³-hybridized carbons (Fsp3) is 0.714. The molecule has 0 radical (unpaired) electrons. The van der Waals surface area contributed by atoms with Crippen molar-refractivity contribution in [1.29, 1.82) is 0 Å². The molecule has 1 aromatic rings. The molecule has 0 atom stereocenters. The maximum Gasteiger partial charge on any atom is 0.422 e. The van der Waals surface area contributed by atoms with Gasteiger partial charge in [-0.2, -0.15) is 13.2 Å². The minimum absolute atomic E-state index is 0.0462. The van der Waals surface area contributed by atoms with E-state index in [9.17, 15) is 22.0 Å². The molecule has 0 nitrogen and oxygen atoms in total. The fourth-order valence-electron chi connectivity index (χ4n) is 5.97. The van der Waals surface area contributed by atoms with Gasteiger partial charge in [-0.25, -0.2) is 8.78 Å². The molecule has 2 aliphatic rings. The molecule has 186 valence electrons. The largest absolute Gasteiger partial charge is 0.422 e. The molecule has 0 N–H and O–H groups in total. The summed E-state index contributed by atoms with van der Waals surface area (Å²) in [6, 6.07) is 1.80. The number of benzene rings is 1. The molecule has 0 amide bonds. The van der Waals surface area contributed by atoms with Crippen LogP contribution in [-0.4, -0.2) is 0 Å². The van der Waals surface area contributed by atoms with Crippen molar-refractivity contribution < 1.29 is 22.0 Å². The molecule has 0 spiro atoms. The Morgan fingerprint density at radius 3 is 1.73 bits per heavy atom. The van der Waals surface area contributed by atoms with Crippen molar-refractivity contribution >= 4 is 0 Å². The van der Waals surface area contributed by atoms with Crippen molar-refractivity contribution in [3.63, 3.8) is 0 Å². The second-order valence-corrected chi connectivity index (χ2v) is 10.3. The van der Waals surface area contributed by atoms with E-state index in [0.717, 1.165) is 56.1 Å². The Balaban J connectivity index is 1.36. The predicted octanol–water partition coefficient (Wildman–Crippen LogP) is 9.98. The summed E-state index contributed by atoms with van der Waals surface area (Å²) in [6.07, 6.45) is 16.0. The highest BCUT2D eigenvalue weighted by molar-refractivity contribution is 5.30. The summed E-state index contributed by atoms with van der Waals surface area (Å²) in [4.78, 5) is 0. The molecule has 33 heavy (non-hydrogen) atoms. The number of hydrogen-bond donors (Lipinski definition) is 0. The van der Waals surface area contributed by atoms with Gasteiger partial charge in [-0.15, -0.1) is 0 Å². The van der Waals surface area contributed by atoms with Gasteiger partial charge in [-0.3, -0.25) is 0 Å². The molecule has 0 unspecified atom stereocenters. The van der Waals surface area contributed by atoms with Crippen molar-refractivity contribution in [3.05, 3.63) is 47.0 Å². The van der Waals surface area contributed by atoms with Crippen molar-refractivity contribution in [1.82, 2.24) is 0 Å². The number of hydrogen-bond acceptors (Lipinski definition) is 0.